The molecule has 1 fully saturated rings. The van der Waals surface area contributed by atoms with Gasteiger partial charge in [-0.25, -0.2) is 13.4 Å². The van der Waals surface area contributed by atoms with Crippen molar-refractivity contribution in [2.75, 3.05) is 18.0 Å². The normalized spacial score (nSPS) is 18.1. The third kappa shape index (κ3) is 3.26. The third-order valence-corrected chi connectivity index (χ3v) is 7.39. The van der Waals surface area contributed by atoms with Crippen LogP contribution in [0.2, 0.25) is 10.0 Å². The summed E-state index contributed by atoms with van der Waals surface area (Å²) < 4.78 is 29.6. The number of nitrogen functional groups attached to an aromatic ring is 2. The maximum Gasteiger partial charge on any atom is 0.244 e. The molecule has 9 nitrogen and oxygen atoms in total. The molecule has 1 unspecified atom stereocenters. The average Bonchev–Trinajstić information content (AvgIpc) is 3.25. The molecule has 1 aromatic carbocycles. The highest BCUT2D eigenvalue weighted by Crippen LogP contribution is 2.33. The highest BCUT2D eigenvalue weighted by atomic mass is 35.5. The molecule has 28 heavy (non-hydrogen) atoms. The van der Waals surface area contributed by atoms with Gasteiger partial charge in [0.2, 0.25) is 16.0 Å². The predicted molar refractivity (Wildman–Crippen MR) is 108 cm³/mol. The number of anilines is 2. The Morgan fingerprint density at radius 1 is 1.21 bits per heavy atom. The predicted octanol–water partition coefficient (Wildman–Crippen LogP) is 2.15. The summed E-state index contributed by atoms with van der Waals surface area (Å²) in [6, 6.07) is 4.11. The molecule has 0 aliphatic carbocycles. The van der Waals surface area contributed by atoms with Crippen LogP contribution in [0.15, 0.2) is 29.4 Å². The van der Waals surface area contributed by atoms with Gasteiger partial charge in [0.1, 0.15) is 10.4 Å². The molecule has 0 bridgehead atoms. The second-order valence-corrected chi connectivity index (χ2v) is 9.23. The number of fused-ring (bicyclic) bond motifs is 1. The van der Waals surface area contributed by atoms with E-state index in [4.69, 9.17) is 34.7 Å². The molecule has 12 heteroatoms. The van der Waals surface area contributed by atoms with Crippen LogP contribution in [-0.2, 0) is 16.6 Å². The SMILES string of the molecule is Nc1nc(N)c2ncn(CC3CCCN3S(=O)(=O)c3cc(Cl)ccc3Cl)c2n1. The number of benzene rings is 1. The van der Waals surface area contributed by atoms with Crippen LogP contribution >= 0.6 is 23.2 Å². The second-order valence-electron chi connectivity index (χ2n) is 6.52. The largest absolute Gasteiger partial charge is 0.382 e. The lowest BCUT2D eigenvalue weighted by Crippen LogP contribution is -2.38. The van der Waals surface area contributed by atoms with E-state index in [9.17, 15) is 8.42 Å². The van der Waals surface area contributed by atoms with Crippen molar-refractivity contribution in [1.29, 1.82) is 0 Å². The molecule has 1 aliphatic rings. The Morgan fingerprint density at radius 3 is 2.79 bits per heavy atom. The van der Waals surface area contributed by atoms with Gasteiger partial charge in [-0.15, -0.1) is 0 Å². The van der Waals surface area contributed by atoms with Crippen LogP contribution < -0.4 is 11.5 Å². The minimum absolute atomic E-state index is 0.000121. The van der Waals surface area contributed by atoms with Crippen LogP contribution in [0.3, 0.4) is 0 Å². The summed E-state index contributed by atoms with van der Waals surface area (Å²) in [5.74, 6) is 0.219. The summed E-state index contributed by atoms with van der Waals surface area (Å²) in [4.78, 5) is 12.3. The minimum atomic E-state index is -3.81. The molecule has 0 saturated carbocycles. The molecule has 1 aliphatic heterocycles. The molecule has 2 aromatic heterocycles. The Balaban J connectivity index is 1.69. The van der Waals surface area contributed by atoms with E-state index in [-0.39, 0.29) is 27.7 Å². The summed E-state index contributed by atoms with van der Waals surface area (Å²) in [6.45, 7) is 0.742. The number of rotatable bonds is 4. The molecular formula is C16H17Cl2N7O2S. The average molecular weight is 442 g/mol. The minimum Gasteiger partial charge on any atom is -0.382 e. The fourth-order valence-corrected chi connectivity index (χ4v) is 5.88. The fraction of sp³-hybridized carbons (Fsp3) is 0.312. The van der Waals surface area contributed by atoms with Gasteiger partial charge >= 0.3 is 0 Å². The topological polar surface area (TPSA) is 133 Å². The van der Waals surface area contributed by atoms with Gasteiger partial charge < -0.3 is 16.0 Å². The first-order valence-electron chi connectivity index (χ1n) is 8.48. The summed E-state index contributed by atoms with van der Waals surface area (Å²) in [5.41, 5.74) is 12.4. The van der Waals surface area contributed by atoms with Crippen molar-refractivity contribution in [2.45, 2.75) is 30.3 Å². The number of nitrogens with two attached hydrogens (primary N) is 2. The van der Waals surface area contributed by atoms with E-state index in [2.05, 4.69) is 15.0 Å². The van der Waals surface area contributed by atoms with Crippen molar-refractivity contribution in [3.63, 3.8) is 0 Å². The lowest BCUT2D eigenvalue weighted by atomic mass is 10.2. The molecule has 3 heterocycles. The Hall–Kier alpha value is -2.14. The highest BCUT2D eigenvalue weighted by molar-refractivity contribution is 7.89. The van der Waals surface area contributed by atoms with Gasteiger partial charge in [0.15, 0.2) is 11.5 Å². The lowest BCUT2D eigenvalue weighted by Gasteiger charge is -2.25. The summed E-state index contributed by atoms with van der Waals surface area (Å²) in [5, 5.41) is 0.443. The molecule has 1 saturated heterocycles. The fourth-order valence-electron chi connectivity index (χ4n) is 3.45. The molecule has 4 N–H and O–H groups in total. The zero-order valence-electron chi connectivity index (χ0n) is 14.6. The standard InChI is InChI=1S/C16H17Cl2N7O2S/c17-9-3-4-11(18)12(6-9)28(26,27)25-5-1-2-10(25)7-24-8-21-13-14(19)22-16(20)23-15(13)24/h3-4,6,8,10H,1-2,5,7H2,(H4,19,20,22,23). The first kappa shape index (κ1) is 19.2. The maximum atomic E-state index is 13.2. The van der Waals surface area contributed by atoms with Gasteiger partial charge in [-0.05, 0) is 31.0 Å². The van der Waals surface area contributed by atoms with E-state index >= 15 is 0 Å². The summed E-state index contributed by atoms with van der Waals surface area (Å²) >= 11 is 12.1. The molecule has 4 rings (SSSR count). The number of imidazole rings is 1. The van der Waals surface area contributed by atoms with E-state index in [0.29, 0.717) is 35.7 Å². The van der Waals surface area contributed by atoms with Crippen LogP contribution in [0.1, 0.15) is 12.8 Å². The van der Waals surface area contributed by atoms with Gasteiger partial charge in [0, 0.05) is 24.2 Å². The van der Waals surface area contributed by atoms with Gasteiger partial charge in [-0.3, -0.25) is 0 Å². The van der Waals surface area contributed by atoms with Gasteiger partial charge in [0.25, 0.3) is 0 Å². The third-order valence-electron chi connectivity index (χ3n) is 4.72. The number of sulfonamides is 1. The van der Waals surface area contributed by atoms with Gasteiger partial charge in [-0.2, -0.15) is 14.3 Å². The molecule has 0 radical (unpaired) electrons. The number of aromatic nitrogens is 4. The van der Waals surface area contributed by atoms with Crippen molar-refractivity contribution in [1.82, 2.24) is 23.8 Å². The van der Waals surface area contributed by atoms with Gasteiger partial charge in [-0.1, -0.05) is 23.2 Å². The van der Waals surface area contributed by atoms with Crippen LogP contribution in [0.25, 0.3) is 11.2 Å². The monoisotopic (exact) mass is 441 g/mol. The second kappa shape index (κ2) is 7.03. The van der Waals surface area contributed by atoms with Crippen LogP contribution in [0, 0.1) is 0 Å². The first-order chi connectivity index (χ1) is 13.3. The number of nitrogens with zero attached hydrogens (tertiary/aromatic N) is 5. The number of hydrogen-bond acceptors (Lipinski definition) is 7. The summed E-state index contributed by atoms with van der Waals surface area (Å²) in [7, 11) is -3.81. The molecule has 0 amide bonds. The van der Waals surface area contributed by atoms with Crippen LogP contribution in [0.4, 0.5) is 11.8 Å². The van der Waals surface area contributed by atoms with Crippen molar-refractivity contribution in [3.05, 3.63) is 34.6 Å². The zero-order chi connectivity index (χ0) is 20.1. The molecule has 3 aromatic rings. The van der Waals surface area contributed by atoms with Crippen molar-refractivity contribution in [2.24, 2.45) is 0 Å². The Bertz CT molecular complexity index is 1170. The molecule has 148 valence electrons. The zero-order valence-corrected chi connectivity index (χ0v) is 16.9. The van der Waals surface area contributed by atoms with E-state index in [1.807, 2.05) is 0 Å². The molecule has 0 spiro atoms. The van der Waals surface area contributed by atoms with Gasteiger partial charge in [0.05, 0.1) is 11.3 Å². The summed E-state index contributed by atoms with van der Waals surface area (Å²) in [6.07, 6.45) is 2.98. The van der Waals surface area contributed by atoms with E-state index in [1.54, 1.807) is 17.0 Å². The van der Waals surface area contributed by atoms with Crippen molar-refractivity contribution >= 4 is 56.2 Å². The quantitative estimate of drug-likeness (QED) is 0.633. The van der Waals surface area contributed by atoms with E-state index < -0.39 is 10.0 Å². The maximum absolute atomic E-state index is 13.2. The number of hydrogen-bond donors (Lipinski definition) is 2. The highest BCUT2D eigenvalue weighted by Gasteiger charge is 2.37. The van der Waals surface area contributed by atoms with Crippen LogP contribution in [-0.4, -0.2) is 44.8 Å². The smallest absolute Gasteiger partial charge is 0.244 e. The van der Waals surface area contributed by atoms with E-state index in [1.165, 1.54) is 16.4 Å². The lowest BCUT2D eigenvalue weighted by molar-refractivity contribution is 0.354. The molecular weight excluding hydrogens is 425 g/mol. The Morgan fingerprint density at radius 2 is 2.00 bits per heavy atom. The van der Waals surface area contributed by atoms with E-state index in [0.717, 1.165) is 6.42 Å². The Kier molecular flexibility index (Phi) is 4.82. The number of halogens is 2. The first-order valence-corrected chi connectivity index (χ1v) is 10.7. The Labute approximate surface area is 171 Å². The van der Waals surface area contributed by atoms with Crippen molar-refractivity contribution in [3.8, 4) is 0 Å². The molecule has 1 atom stereocenters. The van der Waals surface area contributed by atoms with Crippen molar-refractivity contribution < 1.29 is 8.42 Å². The van der Waals surface area contributed by atoms with Crippen LogP contribution in [0.5, 0.6) is 0 Å².